The van der Waals surface area contributed by atoms with Gasteiger partial charge in [0.25, 0.3) is 0 Å². The summed E-state index contributed by atoms with van der Waals surface area (Å²) in [6.07, 6.45) is 0.619. The fourth-order valence-electron chi connectivity index (χ4n) is 2.15. The molecule has 0 saturated carbocycles. The number of rotatable bonds is 5. The van der Waals surface area contributed by atoms with E-state index in [0.717, 1.165) is 16.9 Å². The third kappa shape index (κ3) is 4.73. The minimum absolute atomic E-state index is 0.361. The van der Waals surface area contributed by atoms with Crippen molar-refractivity contribution in [2.45, 2.75) is 13.3 Å². The number of hydrogen-bond acceptors (Lipinski definition) is 3. The maximum absolute atomic E-state index is 11.9. The van der Waals surface area contributed by atoms with Crippen LogP contribution in [0.1, 0.15) is 11.1 Å². The molecule has 24 heavy (non-hydrogen) atoms. The second kappa shape index (κ2) is 8.36. The first-order chi connectivity index (χ1) is 11.5. The van der Waals surface area contributed by atoms with Gasteiger partial charge in [0.15, 0.2) is 0 Å². The Balaban J connectivity index is 1.84. The summed E-state index contributed by atoms with van der Waals surface area (Å²) in [6, 6.07) is 12.8. The van der Waals surface area contributed by atoms with Crippen molar-refractivity contribution in [2.24, 2.45) is 0 Å². The van der Waals surface area contributed by atoms with E-state index < -0.39 is 11.8 Å². The van der Waals surface area contributed by atoms with Crippen LogP contribution in [0.25, 0.3) is 0 Å². The lowest BCUT2D eigenvalue weighted by Gasteiger charge is -2.10. The average molecular weight is 347 g/mol. The number of aryl methyl sites for hydroxylation is 1. The van der Waals surface area contributed by atoms with Crippen LogP contribution in [0.3, 0.4) is 0 Å². The molecule has 0 radical (unpaired) electrons. The molecular weight excluding hydrogens is 328 g/mol. The highest BCUT2D eigenvalue weighted by molar-refractivity contribution is 6.41. The maximum Gasteiger partial charge on any atom is 0.313 e. The summed E-state index contributed by atoms with van der Waals surface area (Å²) >= 11 is 6.03. The number of benzene rings is 2. The van der Waals surface area contributed by atoms with Crippen LogP contribution in [-0.2, 0) is 16.0 Å². The third-order valence-electron chi connectivity index (χ3n) is 3.52. The van der Waals surface area contributed by atoms with Gasteiger partial charge in [-0.25, -0.2) is 0 Å². The molecule has 0 fully saturated rings. The van der Waals surface area contributed by atoms with Crippen LogP contribution in [0.5, 0.6) is 5.75 Å². The molecule has 0 aromatic heterocycles. The number of carbonyl (C=O) groups is 2. The fourth-order valence-corrected chi connectivity index (χ4v) is 2.42. The van der Waals surface area contributed by atoms with Crippen molar-refractivity contribution in [2.75, 3.05) is 19.0 Å². The van der Waals surface area contributed by atoms with Gasteiger partial charge in [0.1, 0.15) is 5.75 Å². The van der Waals surface area contributed by atoms with E-state index in [2.05, 4.69) is 10.6 Å². The molecular formula is C18H19ClN2O3. The summed E-state index contributed by atoms with van der Waals surface area (Å²) in [7, 11) is 1.61. The molecule has 0 aliphatic heterocycles. The van der Waals surface area contributed by atoms with Crippen LogP contribution >= 0.6 is 11.6 Å². The molecule has 2 aromatic carbocycles. The summed E-state index contributed by atoms with van der Waals surface area (Å²) in [5.41, 5.74) is 2.29. The number of anilines is 1. The lowest BCUT2D eigenvalue weighted by atomic mass is 10.1. The molecule has 0 spiro atoms. The van der Waals surface area contributed by atoms with Gasteiger partial charge >= 0.3 is 11.8 Å². The molecule has 0 saturated heterocycles. The van der Waals surface area contributed by atoms with Gasteiger partial charge in [-0.05, 0) is 42.7 Å². The summed E-state index contributed by atoms with van der Waals surface area (Å²) in [5.74, 6) is -0.652. The quantitative estimate of drug-likeness (QED) is 0.818. The Morgan fingerprint density at radius 3 is 2.42 bits per heavy atom. The first kappa shape index (κ1) is 17.8. The number of nitrogens with one attached hydrogen (secondary N) is 2. The largest absolute Gasteiger partial charge is 0.497 e. The molecule has 2 rings (SSSR count). The molecule has 0 aliphatic rings. The smallest absolute Gasteiger partial charge is 0.313 e. The van der Waals surface area contributed by atoms with E-state index >= 15 is 0 Å². The number of ether oxygens (including phenoxy) is 1. The zero-order valence-electron chi connectivity index (χ0n) is 13.6. The van der Waals surface area contributed by atoms with Gasteiger partial charge < -0.3 is 15.4 Å². The SMILES string of the molecule is COc1ccc(CCNC(=O)C(=O)Nc2c(C)cccc2Cl)cc1. The molecule has 0 aliphatic carbocycles. The Morgan fingerprint density at radius 2 is 1.79 bits per heavy atom. The topological polar surface area (TPSA) is 67.4 Å². The maximum atomic E-state index is 11.9. The number of halogens is 1. The predicted molar refractivity (Wildman–Crippen MR) is 94.5 cm³/mol. The summed E-state index contributed by atoms with van der Waals surface area (Å²) in [6.45, 7) is 2.17. The van der Waals surface area contributed by atoms with Gasteiger partial charge in [-0.2, -0.15) is 0 Å². The lowest BCUT2D eigenvalue weighted by Crippen LogP contribution is -2.36. The number of carbonyl (C=O) groups excluding carboxylic acids is 2. The number of hydrogen-bond donors (Lipinski definition) is 2. The van der Waals surface area contributed by atoms with Crippen molar-refractivity contribution >= 4 is 29.1 Å². The van der Waals surface area contributed by atoms with Crippen molar-refractivity contribution in [3.8, 4) is 5.75 Å². The first-order valence-electron chi connectivity index (χ1n) is 7.48. The summed E-state index contributed by atoms with van der Waals surface area (Å²) in [5, 5.41) is 5.53. The van der Waals surface area contributed by atoms with E-state index in [0.29, 0.717) is 23.7 Å². The van der Waals surface area contributed by atoms with Crippen LogP contribution in [-0.4, -0.2) is 25.5 Å². The molecule has 2 aromatic rings. The minimum atomic E-state index is -0.735. The zero-order valence-corrected chi connectivity index (χ0v) is 14.3. The molecule has 6 heteroatoms. The highest BCUT2D eigenvalue weighted by Crippen LogP contribution is 2.24. The molecule has 2 amide bonds. The van der Waals surface area contributed by atoms with E-state index in [-0.39, 0.29) is 0 Å². The van der Waals surface area contributed by atoms with Crippen LogP contribution in [0.4, 0.5) is 5.69 Å². The van der Waals surface area contributed by atoms with E-state index in [1.54, 1.807) is 19.2 Å². The Morgan fingerprint density at radius 1 is 1.08 bits per heavy atom. The molecule has 0 heterocycles. The molecule has 0 bridgehead atoms. The van der Waals surface area contributed by atoms with Gasteiger partial charge in [-0.15, -0.1) is 0 Å². The van der Waals surface area contributed by atoms with Crippen molar-refractivity contribution < 1.29 is 14.3 Å². The van der Waals surface area contributed by atoms with Gasteiger partial charge in [0.2, 0.25) is 0 Å². The van der Waals surface area contributed by atoms with Crippen LogP contribution in [0, 0.1) is 6.92 Å². The molecule has 2 N–H and O–H groups in total. The van der Waals surface area contributed by atoms with E-state index in [9.17, 15) is 9.59 Å². The van der Waals surface area contributed by atoms with Crippen molar-refractivity contribution in [3.05, 3.63) is 58.6 Å². The van der Waals surface area contributed by atoms with Crippen LogP contribution in [0.15, 0.2) is 42.5 Å². The minimum Gasteiger partial charge on any atom is -0.497 e. The Kier molecular flexibility index (Phi) is 6.21. The molecule has 0 unspecified atom stereocenters. The van der Waals surface area contributed by atoms with Gasteiger partial charge in [-0.3, -0.25) is 9.59 Å². The van der Waals surface area contributed by atoms with E-state index in [4.69, 9.17) is 16.3 Å². The lowest BCUT2D eigenvalue weighted by molar-refractivity contribution is -0.136. The normalized spacial score (nSPS) is 10.1. The average Bonchev–Trinajstić information content (AvgIpc) is 2.58. The number of amides is 2. The van der Waals surface area contributed by atoms with Gasteiger partial charge in [-0.1, -0.05) is 35.9 Å². The third-order valence-corrected chi connectivity index (χ3v) is 3.84. The second-order valence-corrected chi connectivity index (χ2v) is 5.65. The molecule has 0 atom stereocenters. The van der Waals surface area contributed by atoms with Crippen molar-refractivity contribution in [3.63, 3.8) is 0 Å². The van der Waals surface area contributed by atoms with Gasteiger partial charge in [0, 0.05) is 6.54 Å². The Hall–Kier alpha value is -2.53. The highest BCUT2D eigenvalue weighted by Gasteiger charge is 2.15. The van der Waals surface area contributed by atoms with Gasteiger partial charge in [0.05, 0.1) is 17.8 Å². The standard InChI is InChI=1S/C18H19ClN2O3/c1-12-4-3-5-15(19)16(12)21-18(23)17(22)20-11-10-13-6-8-14(24-2)9-7-13/h3-9H,10-11H2,1-2H3,(H,20,22)(H,21,23). The van der Waals surface area contributed by atoms with E-state index in [1.165, 1.54) is 0 Å². The van der Waals surface area contributed by atoms with Crippen molar-refractivity contribution in [1.82, 2.24) is 5.32 Å². The fraction of sp³-hybridized carbons (Fsp3) is 0.222. The predicted octanol–water partition coefficient (Wildman–Crippen LogP) is 2.95. The second-order valence-electron chi connectivity index (χ2n) is 5.24. The summed E-state index contributed by atoms with van der Waals surface area (Å²) < 4.78 is 5.09. The molecule has 126 valence electrons. The van der Waals surface area contributed by atoms with E-state index in [1.807, 2.05) is 37.3 Å². The number of methoxy groups -OCH3 is 1. The van der Waals surface area contributed by atoms with Crippen LogP contribution in [0.2, 0.25) is 5.02 Å². The summed E-state index contributed by atoms with van der Waals surface area (Å²) in [4.78, 5) is 23.8. The Bertz CT molecular complexity index is 709. The molecule has 5 nitrogen and oxygen atoms in total. The monoisotopic (exact) mass is 346 g/mol. The van der Waals surface area contributed by atoms with Crippen LogP contribution < -0.4 is 15.4 Å². The highest BCUT2D eigenvalue weighted by atomic mass is 35.5. The zero-order chi connectivity index (χ0) is 17.5. The first-order valence-corrected chi connectivity index (χ1v) is 7.86. The number of para-hydroxylation sites is 1. The Labute approximate surface area is 146 Å². The van der Waals surface area contributed by atoms with Crippen molar-refractivity contribution in [1.29, 1.82) is 0 Å².